The van der Waals surface area contributed by atoms with Crippen LogP contribution in [0.4, 0.5) is 0 Å². The number of imidazole rings is 1. The van der Waals surface area contributed by atoms with Gasteiger partial charge in [-0.25, -0.2) is 4.98 Å². The van der Waals surface area contributed by atoms with Gasteiger partial charge < -0.3 is 29.4 Å². The molecular formula is C26H28N2O5. The first-order chi connectivity index (χ1) is 16.0. The van der Waals surface area contributed by atoms with E-state index in [1.54, 1.807) is 23.9 Å². The van der Waals surface area contributed by atoms with E-state index < -0.39 is 18.2 Å². The fraction of sp³-hybridized carbons (Fsp3) is 0.346. The molecule has 1 saturated heterocycles. The smallest absolute Gasteiger partial charge is 0.150 e. The molecule has 0 aliphatic carbocycles. The van der Waals surface area contributed by atoms with Crippen LogP contribution in [-0.4, -0.2) is 56.9 Å². The first kappa shape index (κ1) is 23.0. The Balaban J connectivity index is 1.47. The van der Waals surface area contributed by atoms with E-state index in [4.69, 9.17) is 9.47 Å². The van der Waals surface area contributed by atoms with Gasteiger partial charge in [-0.1, -0.05) is 30.0 Å². The lowest BCUT2D eigenvalue weighted by Gasteiger charge is -2.17. The number of hydrogen-bond acceptors (Lipinski definition) is 6. The first-order valence-electron chi connectivity index (χ1n) is 10.9. The molecule has 4 rings (SSSR count). The Bertz CT molecular complexity index is 1140. The summed E-state index contributed by atoms with van der Waals surface area (Å²) < 4.78 is 12.8. The molecule has 1 aromatic heterocycles. The topological polar surface area (TPSA) is 97.0 Å². The first-order valence-corrected chi connectivity index (χ1v) is 10.9. The van der Waals surface area contributed by atoms with Crippen LogP contribution in [0.2, 0.25) is 0 Å². The molecule has 1 fully saturated rings. The minimum atomic E-state index is -0.744. The Kier molecular flexibility index (Phi) is 7.11. The van der Waals surface area contributed by atoms with E-state index in [2.05, 4.69) is 22.9 Å². The summed E-state index contributed by atoms with van der Waals surface area (Å²) >= 11 is 0. The SMILES string of the molecule is Cc1cc(-c2ccc(C#C[C@@H](CO)n3ccnc3[C@H](C)O)cc2)ccc1O[C@@H]1COC[C@H]1O. The summed E-state index contributed by atoms with van der Waals surface area (Å²) in [6.45, 7) is 4.13. The summed E-state index contributed by atoms with van der Waals surface area (Å²) in [4.78, 5) is 4.14. The van der Waals surface area contributed by atoms with Gasteiger partial charge in [0.05, 0.1) is 19.8 Å². The summed E-state index contributed by atoms with van der Waals surface area (Å²) in [5, 5.41) is 29.5. The largest absolute Gasteiger partial charge is 0.485 e. The van der Waals surface area contributed by atoms with Crippen molar-refractivity contribution in [3.8, 4) is 28.7 Å². The molecule has 4 atom stereocenters. The van der Waals surface area contributed by atoms with Gasteiger partial charge in [0, 0.05) is 18.0 Å². The Morgan fingerprint density at radius 1 is 1.18 bits per heavy atom. The van der Waals surface area contributed by atoms with E-state index in [0.29, 0.717) is 19.0 Å². The minimum absolute atomic E-state index is 0.182. The van der Waals surface area contributed by atoms with Gasteiger partial charge in [0.25, 0.3) is 0 Å². The van der Waals surface area contributed by atoms with E-state index in [9.17, 15) is 15.3 Å². The van der Waals surface area contributed by atoms with Crippen molar-refractivity contribution in [1.29, 1.82) is 0 Å². The quantitative estimate of drug-likeness (QED) is 0.502. The van der Waals surface area contributed by atoms with Gasteiger partial charge in [-0.15, -0.1) is 0 Å². The second kappa shape index (κ2) is 10.2. The van der Waals surface area contributed by atoms with Crippen LogP contribution in [0.5, 0.6) is 5.75 Å². The maximum atomic E-state index is 9.89. The van der Waals surface area contributed by atoms with Gasteiger partial charge in [0.15, 0.2) is 0 Å². The van der Waals surface area contributed by atoms with Crippen LogP contribution < -0.4 is 4.74 Å². The lowest BCUT2D eigenvalue weighted by atomic mass is 10.0. The third-order valence-electron chi connectivity index (χ3n) is 5.64. The molecule has 0 saturated carbocycles. The monoisotopic (exact) mass is 448 g/mol. The van der Waals surface area contributed by atoms with E-state index in [1.165, 1.54) is 0 Å². The Morgan fingerprint density at radius 3 is 2.58 bits per heavy atom. The van der Waals surface area contributed by atoms with Crippen molar-refractivity contribution in [2.75, 3.05) is 19.8 Å². The summed E-state index contributed by atoms with van der Waals surface area (Å²) in [5.74, 6) is 7.37. The van der Waals surface area contributed by atoms with Gasteiger partial charge in [0.2, 0.25) is 0 Å². The standard InChI is InChI=1S/C26H28N2O5/c1-17-13-21(8-10-24(17)33-25-16-32-15-23(25)31)20-6-3-19(4-7-20)5-9-22(14-29)28-12-11-27-26(28)18(2)30/h3-4,6-8,10-13,18,22-23,25,29-31H,14-16H2,1-2H3/t18-,22-,23+,25+/m0/s1. The van der Waals surface area contributed by atoms with Crippen LogP contribution in [0.15, 0.2) is 54.9 Å². The molecule has 0 unspecified atom stereocenters. The minimum Gasteiger partial charge on any atom is -0.485 e. The average Bonchev–Trinajstić information content (AvgIpc) is 3.46. The number of nitrogens with zero attached hydrogens (tertiary/aromatic N) is 2. The fourth-order valence-electron chi connectivity index (χ4n) is 3.79. The lowest BCUT2D eigenvalue weighted by Crippen LogP contribution is -2.29. The lowest BCUT2D eigenvalue weighted by molar-refractivity contribution is 0.0729. The van der Waals surface area contributed by atoms with Crippen LogP contribution in [-0.2, 0) is 4.74 Å². The van der Waals surface area contributed by atoms with E-state index in [1.807, 2.05) is 43.3 Å². The fourth-order valence-corrected chi connectivity index (χ4v) is 3.79. The maximum Gasteiger partial charge on any atom is 0.150 e. The van der Waals surface area contributed by atoms with Crippen LogP contribution in [0.25, 0.3) is 11.1 Å². The molecule has 7 heteroatoms. The number of aliphatic hydroxyl groups excluding tert-OH is 3. The van der Waals surface area contributed by atoms with E-state index in [-0.39, 0.29) is 12.7 Å². The van der Waals surface area contributed by atoms with Crippen molar-refractivity contribution in [2.45, 2.75) is 38.2 Å². The third kappa shape index (κ3) is 5.27. The summed E-state index contributed by atoms with van der Waals surface area (Å²) in [7, 11) is 0. The molecule has 3 N–H and O–H groups in total. The highest BCUT2D eigenvalue weighted by atomic mass is 16.6. The van der Waals surface area contributed by atoms with E-state index >= 15 is 0 Å². The molecule has 0 radical (unpaired) electrons. The van der Waals surface area contributed by atoms with Gasteiger partial charge >= 0.3 is 0 Å². The molecule has 33 heavy (non-hydrogen) atoms. The number of rotatable bonds is 6. The Labute approximate surface area is 193 Å². The molecule has 1 aliphatic heterocycles. The molecular weight excluding hydrogens is 420 g/mol. The van der Waals surface area contributed by atoms with Crippen molar-refractivity contribution < 1.29 is 24.8 Å². The van der Waals surface area contributed by atoms with Gasteiger partial charge in [0.1, 0.15) is 35.9 Å². The highest BCUT2D eigenvalue weighted by molar-refractivity contribution is 5.66. The van der Waals surface area contributed by atoms with Crippen LogP contribution >= 0.6 is 0 Å². The van der Waals surface area contributed by atoms with Crippen LogP contribution in [0.1, 0.15) is 36.0 Å². The van der Waals surface area contributed by atoms with Crippen LogP contribution in [0.3, 0.4) is 0 Å². The predicted octanol–water partition coefficient (Wildman–Crippen LogP) is 2.64. The van der Waals surface area contributed by atoms with Crippen LogP contribution in [0, 0.1) is 18.8 Å². The zero-order valence-electron chi connectivity index (χ0n) is 18.7. The summed E-state index contributed by atoms with van der Waals surface area (Å²) in [6.07, 6.45) is 1.61. The maximum absolute atomic E-state index is 9.89. The molecule has 1 aliphatic rings. The molecule has 3 aromatic rings. The van der Waals surface area contributed by atoms with Crippen molar-refractivity contribution >= 4 is 0 Å². The second-order valence-corrected chi connectivity index (χ2v) is 8.16. The van der Waals surface area contributed by atoms with Crippen molar-refractivity contribution in [1.82, 2.24) is 9.55 Å². The molecule has 2 aromatic carbocycles. The highest BCUT2D eigenvalue weighted by Gasteiger charge is 2.28. The highest BCUT2D eigenvalue weighted by Crippen LogP contribution is 2.28. The van der Waals surface area contributed by atoms with Gasteiger partial charge in [-0.2, -0.15) is 0 Å². The van der Waals surface area contributed by atoms with Crippen molar-refractivity contribution in [2.24, 2.45) is 0 Å². The number of hydrogen-bond donors (Lipinski definition) is 3. The number of ether oxygens (including phenoxy) is 2. The van der Waals surface area contributed by atoms with E-state index in [0.717, 1.165) is 28.0 Å². The number of aliphatic hydroxyl groups is 3. The predicted molar refractivity (Wildman–Crippen MR) is 124 cm³/mol. The molecule has 0 spiro atoms. The summed E-state index contributed by atoms with van der Waals surface area (Å²) in [5.41, 5.74) is 3.90. The average molecular weight is 449 g/mol. The molecule has 2 heterocycles. The third-order valence-corrected chi connectivity index (χ3v) is 5.64. The number of aromatic nitrogens is 2. The zero-order valence-corrected chi connectivity index (χ0v) is 18.7. The zero-order chi connectivity index (χ0) is 23.4. The van der Waals surface area contributed by atoms with Crippen molar-refractivity contribution in [3.05, 3.63) is 71.8 Å². The van der Waals surface area contributed by atoms with Gasteiger partial charge in [-0.05, 0) is 54.8 Å². The number of aryl methyl sites for hydroxylation is 1. The van der Waals surface area contributed by atoms with Crippen molar-refractivity contribution in [3.63, 3.8) is 0 Å². The Hall–Kier alpha value is -3.15. The normalized spacial score (nSPS) is 19.5. The molecule has 7 nitrogen and oxygen atoms in total. The second-order valence-electron chi connectivity index (χ2n) is 8.16. The number of benzene rings is 2. The molecule has 0 amide bonds. The van der Waals surface area contributed by atoms with Gasteiger partial charge in [-0.3, -0.25) is 0 Å². The molecule has 172 valence electrons. The molecule has 0 bridgehead atoms. The summed E-state index contributed by atoms with van der Waals surface area (Å²) in [6, 6.07) is 13.3. The Morgan fingerprint density at radius 2 is 1.94 bits per heavy atom.